The topological polar surface area (TPSA) is 94.8 Å². The van der Waals surface area contributed by atoms with E-state index in [1.807, 2.05) is 73.1 Å². The summed E-state index contributed by atoms with van der Waals surface area (Å²) < 4.78 is 20.0. The molecule has 3 unspecified atom stereocenters. The lowest BCUT2D eigenvalue weighted by atomic mass is 10.00. The molecule has 0 aliphatic carbocycles. The zero-order valence-electron chi connectivity index (χ0n) is 20.3. The maximum Gasteiger partial charge on any atom is 0.411 e. The molecule has 0 saturated carbocycles. The molecule has 8 nitrogen and oxygen atoms in total. The Morgan fingerprint density at radius 3 is 2.76 bits per heavy atom. The largest absolute Gasteiger partial charge is 0.445 e. The molecule has 3 aromatic carbocycles. The monoisotopic (exact) mass is 499 g/mol. The zero-order chi connectivity index (χ0) is 25.6. The Hall–Kier alpha value is -3.98. The molecule has 2 N–H and O–H groups in total. The molecule has 3 atom stereocenters. The third-order valence-electron chi connectivity index (χ3n) is 6.28. The number of carbonyl (C=O) groups is 1. The first-order valence-corrected chi connectivity index (χ1v) is 12.2. The molecular formula is C29H29N3O5. The first-order valence-electron chi connectivity index (χ1n) is 12.2. The summed E-state index contributed by atoms with van der Waals surface area (Å²) in [5.74, 6) is 0. The SMILES string of the molecule is C=CCOC(=O)Nc1cccc(C2OC(Cn3cnc4ccccc43)CC(c3ccc(CO)cc3)O2)c1. The second-order valence-electron chi connectivity index (χ2n) is 8.87. The fraction of sp³-hybridized carbons (Fsp3) is 0.241. The highest BCUT2D eigenvalue weighted by Crippen LogP contribution is 2.39. The molecule has 0 bridgehead atoms. The van der Waals surface area contributed by atoms with E-state index in [0.717, 1.165) is 27.7 Å². The van der Waals surface area contributed by atoms with Crippen molar-refractivity contribution in [2.45, 2.75) is 38.1 Å². The van der Waals surface area contributed by atoms with Gasteiger partial charge in [-0.25, -0.2) is 9.78 Å². The van der Waals surface area contributed by atoms with E-state index >= 15 is 0 Å². The first kappa shape index (κ1) is 24.7. The number of aliphatic hydroxyl groups excluding tert-OH is 1. The molecular weight excluding hydrogens is 470 g/mol. The van der Waals surface area contributed by atoms with Crippen molar-refractivity contribution >= 4 is 22.8 Å². The first-order chi connectivity index (χ1) is 18.1. The normalized spacial score (nSPS) is 19.4. The molecule has 37 heavy (non-hydrogen) atoms. The fourth-order valence-corrected chi connectivity index (χ4v) is 4.46. The molecule has 1 aliphatic rings. The highest BCUT2D eigenvalue weighted by molar-refractivity contribution is 5.84. The van der Waals surface area contributed by atoms with Crippen LogP contribution in [-0.4, -0.2) is 33.5 Å². The molecule has 4 aromatic rings. The minimum absolute atomic E-state index is 0.0110. The van der Waals surface area contributed by atoms with Crippen LogP contribution in [0.25, 0.3) is 11.0 Å². The molecule has 0 radical (unpaired) electrons. The van der Waals surface area contributed by atoms with Crippen molar-refractivity contribution in [2.24, 2.45) is 0 Å². The number of hydrogen-bond acceptors (Lipinski definition) is 6. The zero-order valence-corrected chi connectivity index (χ0v) is 20.3. The van der Waals surface area contributed by atoms with Gasteiger partial charge < -0.3 is 23.9 Å². The predicted octanol–water partition coefficient (Wildman–Crippen LogP) is 5.51. The molecule has 1 aliphatic heterocycles. The standard InChI is InChI=1S/C29H29N3O5/c1-2-14-35-29(34)31-23-7-5-6-22(15-23)28-36-24(17-32-19-30-25-8-3-4-9-26(25)32)16-27(37-28)21-12-10-20(18-33)11-13-21/h2-13,15,19,24,27-28,33H,1,14,16-18H2,(H,31,34). The van der Waals surface area contributed by atoms with Crippen molar-refractivity contribution in [1.82, 2.24) is 9.55 Å². The lowest BCUT2D eigenvalue weighted by Gasteiger charge is -2.36. The van der Waals surface area contributed by atoms with Crippen LogP contribution in [0, 0.1) is 0 Å². The van der Waals surface area contributed by atoms with Gasteiger partial charge in [0.25, 0.3) is 0 Å². The van der Waals surface area contributed by atoms with E-state index in [-0.39, 0.29) is 25.4 Å². The van der Waals surface area contributed by atoms with Crippen LogP contribution >= 0.6 is 0 Å². The van der Waals surface area contributed by atoms with Crippen LogP contribution in [0.2, 0.25) is 0 Å². The molecule has 5 rings (SSSR count). The Morgan fingerprint density at radius 1 is 1.11 bits per heavy atom. The summed E-state index contributed by atoms with van der Waals surface area (Å²) in [6, 6.07) is 23.1. The molecule has 8 heteroatoms. The number of fused-ring (bicyclic) bond motifs is 1. The van der Waals surface area contributed by atoms with Gasteiger partial charge in [0.05, 0.1) is 42.7 Å². The van der Waals surface area contributed by atoms with Gasteiger partial charge >= 0.3 is 6.09 Å². The minimum Gasteiger partial charge on any atom is -0.445 e. The second kappa shape index (κ2) is 11.4. The third-order valence-corrected chi connectivity index (χ3v) is 6.28. The number of imidazole rings is 1. The van der Waals surface area contributed by atoms with Crippen molar-refractivity contribution in [2.75, 3.05) is 11.9 Å². The van der Waals surface area contributed by atoms with Crippen LogP contribution in [0.1, 0.15) is 35.5 Å². The highest BCUT2D eigenvalue weighted by Gasteiger charge is 2.32. The summed E-state index contributed by atoms with van der Waals surface area (Å²) in [7, 11) is 0. The molecule has 2 heterocycles. The smallest absolute Gasteiger partial charge is 0.411 e. The van der Waals surface area contributed by atoms with E-state index in [0.29, 0.717) is 18.7 Å². The number of rotatable bonds is 8. The number of nitrogens with one attached hydrogen (secondary N) is 1. The minimum atomic E-state index is -0.651. The molecule has 1 saturated heterocycles. The van der Waals surface area contributed by atoms with Gasteiger partial charge in [0.1, 0.15) is 6.61 Å². The van der Waals surface area contributed by atoms with Gasteiger partial charge in [-0.1, -0.05) is 61.2 Å². The van der Waals surface area contributed by atoms with Crippen LogP contribution in [0.3, 0.4) is 0 Å². The highest BCUT2D eigenvalue weighted by atomic mass is 16.7. The number of hydrogen-bond donors (Lipinski definition) is 2. The van der Waals surface area contributed by atoms with E-state index in [9.17, 15) is 9.90 Å². The van der Waals surface area contributed by atoms with E-state index in [2.05, 4.69) is 21.4 Å². The average Bonchev–Trinajstić information content (AvgIpc) is 3.34. The van der Waals surface area contributed by atoms with E-state index in [1.165, 1.54) is 6.08 Å². The molecule has 1 amide bonds. The quantitative estimate of drug-likeness (QED) is 0.311. The van der Waals surface area contributed by atoms with Crippen molar-refractivity contribution in [3.8, 4) is 0 Å². The van der Waals surface area contributed by atoms with Gasteiger partial charge in [-0.2, -0.15) is 0 Å². The lowest BCUT2D eigenvalue weighted by molar-refractivity contribution is -0.252. The number of benzene rings is 3. The number of para-hydroxylation sites is 2. The van der Waals surface area contributed by atoms with Gasteiger partial charge in [0, 0.05) is 17.7 Å². The molecule has 1 fully saturated rings. The van der Waals surface area contributed by atoms with Crippen LogP contribution in [0.15, 0.2) is 91.8 Å². The summed E-state index contributed by atoms with van der Waals surface area (Å²) in [6.07, 6.45) is 2.40. The predicted molar refractivity (Wildman–Crippen MR) is 140 cm³/mol. The number of aliphatic hydroxyl groups is 1. The molecule has 190 valence electrons. The Morgan fingerprint density at radius 2 is 1.95 bits per heavy atom. The number of amides is 1. The molecule has 1 aromatic heterocycles. The summed E-state index contributed by atoms with van der Waals surface area (Å²) in [6.45, 7) is 4.28. The number of anilines is 1. The Labute approximate surface area is 215 Å². The van der Waals surface area contributed by atoms with Crippen LogP contribution in [0.5, 0.6) is 0 Å². The van der Waals surface area contributed by atoms with Gasteiger partial charge in [0.15, 0.2) is 6.29 Å². The second-order valence-corrected chi connectivity index (χ2v) is 8.87. The maximum atomic E-state index is 12.0. The summed E-state index contributed by atoms with van der Waals surface area (Å²) in [4.78, 5) is 16.5. The maximum absolute atomic E-state index is 12.0. The number of aromatic nitrogens is 2. The van der Waals surface area contributed by atoms with E-state index < -0.39 is 12.4 Å². The van der Waals surface area contributed by atoms with Crippen molar-refractivity contribution < 1.29 is 24.1 Å². The number of carbonyl (C=O) groups excluding carboxylic acids is 1. The van der Waals surface area contributed by atoms with Gasteiger partial charge in [0.2, 0.25) is 0 Å². The Balaban J connectivity index is 1.40. The number of nitrogens with zero attached hydrogens (tertiary/aromatic N) is 2. The Kier molecular flexibility index (Phi) is 7.60. The number of ether oxygens (including phenoxy) is 3. The summed E-state index contributed by atoms with van der Waals surface area (Å²) in [5.41, 5.74) is 5.18. The van der Waals surface area contributed by atoms with Gasteiger partial charge in [-0.05, 0) is 35.4 Å². The average molecular weight is 500 g/mol. The fourth-order valence-electron chi connectivity index (χ4n) is 4.46. The third kappa shape index (κ3) is 5.89. The van der Waals surface area contributed by atoms with Crippen LogP contribution in [-0.2, 0) is 27.4 Å². The van der Waals surface area contributed by atoms with E-state index in [4.69, 9.17) is 14.2 Å². The van der Waals surface area contributed by atoms with Crippen molar-refractivity contribution in [1.29, 1.82) is 0 Å². The van der Waals surface area contributed by atoms with Gasteiger partial charge in [-0.3, -0.25) is 5.32 Å². The van der Waals surface area contributed by atoms with Crippen LogP contribution in [0.4, 0.5) is 10.5 Å². The molecule has 0 spiro atoms. The Bertz CT molecular complexity index is 1370. The lowest BCUT2D eigenvalue weighted by Crippen LogP contribution is -2.32. The summed E-state index contributed by atoms with van der Waals surface area (Å²) in [5, 5.41) is 12.2. The van der Waals surface area contributed by atoms with Gasteiger partial charge in [-0.15, -0.1) is 0 Å². The van der Waals surface area contributed by atoms with Crippen molar-refractivity contribution in [3.05, 3.63) is 108 Å². The summed E-state index contributed by atoms with van der Waals surface area (Å²) >= 11 is 0. The van der Waals surface area contributed by atoms with E-state index in [1.54, 1.807) is 6.07 Å². The van der Waals surface area contributed by atoms with Crippen LogP contribution < -0.4 is 5.32 Å². The van der Waals surface area contributed by atoms with Crippen molar-refractivity contribution in [3.63, 3.8) is 0 Å².